The van der Waals surface area contributed by atoms with Crippen LogP contribution in [0.2, 0.25) is 0 Å². The van der Waals surface area contributed by atoms with Gasteiger partial charge in [-0.3, -0.25) is 4.79 Å². The molecule has 0 aromatic carbocycles. The molecule has 16 heavy (non-hydrogen) atoms. The summed E-state index contributed by atoms with van der Waals surface area (Å²) < 4.78 is 4.91. The molecule has 0 spiro atoms. The summed E-state index contributed by atoms with van der Waals surface area (Å²) >= 11 is 0. The molecule has 1 saturated heterocycles. The van der Waals surface area contributed by atoms with E-state index in [9.17, 15) is 4.79 Å². The van der Waals surface area contributed by atoms with Crippen molar-refractivity contribution < 1.29 is 9.53 Å². The molecule has 2 aliphatic rings. The van der Waals surface area contributed by atoms with Crippen LogP contribution in [0.3, 0.4) is 0 Å². The molecule has 3 unspecified atom stereocenters. The van der Waals surface area contributed by atoms with Crippen molar-refractivity contribution in [2.45, 2.75) is 25.3 Å². The van der Waals surface area contributed by atoms with Crippen LogP contribution in [0, 0.1) is 11.8 Å². The Bertz CT molecular complexity index is 250. The summed E-state index contributed by atoms with van der Waals surface area (Å²) in [4.78, 5) is 13.7. The maximum Gasteiger partial charge on any atom is 0.224 e. The van der Waals surface area contributed by atoms with Gasteiger partial charge in [-0.1, -0.05) is 0 Å². The summed E-state index contributed by atoms with van der Waals surface area (Å²) in [5, 5.41) is 0. The Kier molecular flexibility index (Phi) is 5.02. The Morgan fingerprint density at radius 3 is 2.81 bits per heavy atom. The number of ether oxygens (including phenoxy) is 1. The Morgan fingerprint density at radius 2 is 2.19 bits per heavy atom. The molecule has 1 heterocycles. The first-order valence-corrected chi connectivity index (χ1v) is 5.74. The lowest BCUT2D eigenvalue weighted by molar-refractivity contribution is -0.131. The van der Waals surface area contributed by atoms with E-state index in [1.807, 2.05) is 4.90 Å². The number of methoxy groups -OCH3 is 1. The highest BCUT2D eigenvalue weighted by atomic mass is 35.5. The first-order valence-electron chi connectivity index (χ1n) is 5.74. The molecule has 1 saturated carbocycles. The van der Waals surface area contributed by atoms with E-state index in [1.165, 1.54) is 6.42 Å². The topological polar surface area (TPSA) is 55.6 Å². The van der Waals surface area contributed by atoms with Gasteiger partial charge in [0, 0.05) is 26.2 Å². The van der Waals surface area contributed by atoms with E-state index in [4.69, 9.17) is 10.5 Å². The highest BCUT2D eigenvalue weighted by Crippen LogP contribution is 2.37. The van der Waals surface area contributed by atoms with Gasteiger partial charge in [0.05, 0.1) is 13.0 Å². The minimum atomic E-state index is 0. The molecular weight excluding hydrogens is 228 g/mol. The van der Waals surface area contributed by atoms with Crippen molar-refractivity contribution in [2.24, 2.45) is 17.6 Å². The molecule has 0 aromatic rings. The smallest absolute Gasteiger partial charge is 0.224 e. The fourth-order valence-electron chi connectivity index (χ4n) is 2.86. The summed E-state index contributed by atoms with van der Waals surface area (Å²) in [7, 11) is 1.63. The van der Waals surface area contributed by atoms with Crippen LogP contribution < -0.4 is 5.73 Å². The van der Waals surface area contributed by atoms with Crippen LogP contribution >= 0.6 is 12.4 Å². The normalized spacial score (nSPS) is 32.4. The predicted octanol–water partition coefficient (Wildman–Crippen LogP) is 0.640. The number of rotatable bonds is 3. The number of hydrogen-bond donors (Lipinski definition) is 1. The van der Waals surface area contributed by atoms with Crippen molar-refractivity contribution in [3.63, 3.8) is 0 Å². The summed E-state index contributed by atoms with van der Waals surface area (Å²) in [5.74, 6) is 1.43. The number of amides is 1. The average Bonchev–Trinajstić information content (AvgIpc) is 2.78. The highest BCUT2D eigenvalue weighted by Gasteiger charge is 2.42. The number of hydrogen-bond acceptors (Lipinski definition) is 3. The number of carbonyl (C=O) groups excluding carboxylic acids is 1. The predicted molar refractivity (Wildman–Crippen MR) is 64.5 cm³/mol. The van der Waals surface area contributed by atoms with Crippen LogP contribution in [0.25, 0.3) is 0 Å². The molecule has 0 radical (unpaired) electrons. The van der Waals surface area contributed by atoms with Crippen molar-refractivity contribution in [3.8, 4) is 0 Å². The number of carbonyl (C=O) groups is 1. The molecule has 1 aliphatic carbocycles. The molecule has 2 fully saturated rings. The SMILES string of the molecule is COCCC(=O)N1CC2CCC(N)C2C1.Cl. The van der Waals surface area contributed by atoms with E-state index in [-0.39, 0.29) is 18.3 Å². The van der Waals surface area contributed by atoms with Gasteiger partial charge in [-0.05, 0) is 24.7 Å². The third kappa shape index (κ3) is 2.67. The molecule has 5 heteroatoms. The largest absolute Gasteiger partial charge is 0.384 e. The molecule has 1 aliphatic heterocycles. The van der Waals surface area contributed by atoms with Crippen LogP contribution in [-0.2, 0) is 9.53 Å². The quantitative estimate of drug-likeness (QED) is 0.798. The molecule has 4 nitrogen and oxygen atoms in total. The van der Waals surface area contributed by atoms with Gasteiger partial charge in [-0.2, -0.15) is 0 Å². The highest BCUT2D eigenvalue weighted by molar-refractivity contribution is 5.85. The second-order valence-corrected chi connectivity index (χ2v) is 4.71. The molecule has 0 aromatic heterocycles. The van der Waals surface area contributed by atoms with Gasteiger partial charge >= 0.3 is 0 Å². The van der Waals surface area contributed by atoms with Crippen LogP contribution in [0.5, 0.6) is 0 Å². The maximum atomic E-state index is 11.7. The minimum absolute atomic E-state index is 0. The van der Waals surface area contributed by atoms with Gasteiger partial charge in [0.15, 0.2) is 0 Å². The van der Waals surface area contributed by atoms with Gasteiger partial charge in [0.2, 0.25) is 5.91 Å². The van der Waals surface area contributed by atoms with Gasteiger partial charge in [0.25, 0.3) is 0 Å². The molecule has 3 atom stereocenters. The van der Waals surface area contributed by atoms with Crippen LogP contribution in [0.4, 0.5) is 0 Å². The lowest BCUT2D eigenvalue weighted by atomic mass is 9.98. The van der Waals surface area contributed by atoms with Crippen molar-refractivity contribution in [1.29, 1.82) is 0 Å². The molecule has 2 rings (SSSR count). The zero-order valence-electron chi connectivity index (χ0n) is 9.72. The second kappa shape index (κ2) is 5.84. The molecule has 94 valence electrons. The standard InChI is InChI=1S/C11H20N2O2.ClH/c1-15-5-4-11(14)13-6-8-2-3-10(12)9(8)7-13;/h8-10H,2-7,12H2,1H3;1H. The Morgan fingerprint density at radius 1 is 1.44 bits per heavy atom. The van der Waals surface area contributed by atoms with Gasteiger partial charge < -0.3 is 15.4 Å². The Balaban J connectivity index is 0.00000128. The van der Waals surface area contributed by atoms with Crippen molar-refractivity contribution in [3.05, 3.63) is 0 Å². The zero-order valence-corrected chi connectivity index (χ0v) is 10.5. The molecule has 2 N–H and O–H groups in total. The van der Waals surface area contributed by atoms with Crippen LogP contribution in [0.1, 0.15) is 19.3 Å². The van der Waals surface area contributed by atoms with E-state index in [2.05, 4.69) is 0 Å². The Labute approximate surface area is 103 Å². The van der Waals surface area contributed by atoms with Gasteiger partial charge in [-0.15, -0.1) is 12.4 Å². The molecule has 0 bridgehead atoms. The lowest BCUT2D eigenvalue weighted by Crippen LogP contribution is -2.33. The number of nitrogens with two attached hydrogens (primary N) is 1. The van der Waals surface area contributed by atoms with E-state index < -0.39 is 0 Å². The molecule has 1 amide bonds. The number of fused-ring (bicyclic) bond motifs is 1. The summed E-state index contributed by atoms with van der Waals surface area (Å²) in [5.41, 5.74) is 6.02. The monoisotopic (exact) mass is 248 g/mol. The summed E-state index contributed by atoms with van der Waals surface area (Å²) in [6.45, 7) is 2.31. The van der Waals surface area contributed by atoms with Crippen LogP contribution in [-0.4, -0.2) is 43.7 Å². The third-order valence-electron chi connectivity index (χ3n) is 3.79. The number of nitrogens with zero attached hydrogens (tertiary/aromatic N) is 1. The molecular formula is C11H21ClN2O2. The first kappa shape index (κ1) is 13.7. The number of likely N-dealkylation sites (tertiary alicyclic amines) is 1. The van der Waals surface area contributed by atoms with Gasteiger partial charge in [0.1, 0.15) is 0 Å². The van der Waals surface area contributed by atoms with E-state index >= 15 is 0 Å². The first-order chi connectivity index (χ1) is 7.22. The summed E-state index contributed by atoms with van der Waals surface area (Å²) in [6, 6.07) is 0.315. The van der Waals surface area contributed by atoms with E-state index in [0.717, 1.165) is 19.5 Å². The third-order valence-corrected chi connectivity index (χ3v) is 3.79. The lowest BCUT2D eigenvalue weighted by Gasteiger charge is -2.18. The zero-order chi connectivity index (χ0) is 10.8. The van der Waals surface area contributed by atoms with Gasteiger partial charge in [-0.25, -0.2) is 0 Å². The van der Waals surface area contributed by atoms with E-state index in [1.54, 1.807) is 7.11 Å². The van der Waals surface area contributed by atoms with Crippen molar-refractivity contribution in [2.75, 3.05) is 26.8 Å². The van der Waals surface area contributed by atoms with Crippen molar-refractivity contribution >= 4 is 18.3 Å². The van der Waals surface area contributed by atoms with E-state index in [0.29, 0.717) is 30.9 Å². The Hall–Kier alpha value is -0.320. The number of halogens is 1. The maximum absolute atomic E-state index is 11.7. The summed E-state index contributed by atoms with van der Waals surface area (Å²) in [6.07, 6.45) is 2.83. The van der Waals surface area contributed by atoms with Crippen molar-refractivity contribution in [1.82, 2.24) is 4.90 Å². The van der Waals surface area contributed by atoms with Crippen LogP contribution in [0.15, 0.2) is 0 Å². The second-order valence-electron chi connectivity index (χ2n) is 4.71. The fraction of sp³-hybridized carbons (Fsp3) is 0.909. The minimum Gasteiger partial charge on any atom is -0.384 e. The fourth-order valence-corrected chi connectivity index (χ4v) is 2.86. The average molecular weight is 249 g/mol.